The van der Waals surface area contributed by atoms with Crippen LogP contribution in [-0.2, 0) is 14.3 Å². The van der Waals surface area contributed by atoms with E-state index in [4.69, 9.17) is 16.3 Å². The van der Waals surface area contributed by atoms with Crippen LogP contribution in [0.4, 0.5) is 20.6 Å². The van der Waals surface area contributed by atoms with E-state index in [1.165, 1.54) is 13.0 Å². The number of hydrogen-bond acceptors (Lipinski definition) is 4. The zero-order chi connectivity index (χ0) is 23.2. The van der Waals surface area contributed by atoms with Crippen LogP contribution < -0.4 is 16.0 Å². The Morgan fingerprint density at radius 3 is 2.26 bits per heavy atom. The molecule has 1 unspecified atom stereocenters. The highest BCUT2D eigenvalue weighted by Gasteiger charge is 2.20. The number of rotatable bonds is 6. The Labute approximate surface area is 185 Å². The fourth-order valence-electron chi connectivity index (χ4n) is 2.72. The fourth-order valence-corrected chi connectivity index (χ4v) is 2.85. The Balaban J connectivity index is 2.17. The molecule has 0 saturated carbocycles. The third-order valence-corrected chi connectivity index (χ3v) is 4.18. The van der Waals surface area contributed by atoms with Gasteiger partial charge >= 0.3 is 6.09 Å². The topological polar surface area (TPSA) is 96.5 Å². The van der Waals surface area contributed by atoms with Crippen LogP contribution in [-0.4, -0.2) is 23.5 Å². The Kier molecular flexibility index (Phi) is 7.99. The van der Waals surface area contributed by atoms with Crippen molar-refractivity contribution in [2.75, 3.05) is 10.6 Å². The molecule has 2 rings (SSSR count). The average Bonchev–Trinajstić information content (AvgIpc) is 2.62. The van der Waals surface area contributed by atoms with Crippen molar-refractivity contribution in [3.05, 3.63) is 58.9 Å². The molecule has 9 heteroatoms. The summed E-state index contributed by atoms with van der Waals surface area (Å²) in [5.41, 5.74) is 0.193. The SMILES string of the molecule is CC(=O)NC(CC(=O)Nc1cc(F)ccc1NC(=O)OC(C)(C)C)c1ccc(Cl)cc1. The molecule has 2 aromatic rings. The molecule has 2 aromatic carbocycles. The monoisotopic (exact) mass is 449 g/mol. The molecule has 0 aliphatic rings. The van der Waals surface area contributed by atoms with Crippen LogP contribution in [0.2, 0.25) is 5.02 Å². The van der Waals surface area contributed by atoms with Gasteiger partial charge in [0.15, 0.2) is 0 Å². The van der Waals surface area contributed by atoms with Crippen molar-refractivity contribution < 1.29 is 23.5 Å². The molecule has 166 valence electrons. The van der Waals surface area contributed by atoms with E-state index in [0.29, 0.717) is 10.6 Å². The predicted octanol–water partition coefficient (Wildman–Crippen LogP) is 5.03. The van der Waals surface area contributed by atoms with Crippen LogP contribution in [0.15, 0.2) is 42.5 Å². The van der Waals surface area contributed by atoms with Gasteiger partial charge in [-0.3, -0.25) is 14.9 Å². The quantitative estimate of drug-likeness (QED) is 0.576. The molecule has 7 nitrogen and oxygen atoms in total. The molecular weight excluding hydrogens is 425 g/mol. The number of ether oxygens (including phenoxy) is 1. The lowest BCUT2D eigenvalue weighted by molar-refractivity contribution is -0.120. The summed E-state index contributed by atoms with van der Waals surface area (Å²) in [7, 11) is 0. The van der Waals surface area contributed by atoms with Crippen LogP contribution in [0, 0.1) is 5.82 Å². The Morgan fingerprint density at radius 2 is 1.68 bits per heavy atom. The van der Waals surface area contributed by atoms with Crippen LogP contribution in [0.1, 0.15) is 45.7 Å². The number of benzene rings is 2. The van der Waals surface area contributed by atoms with Crippen molar-refractivity contribution in [2.24, 2.45) is 0 Å². The maximum absolute atomic E-state index is 13.8. The number of anilines is 2. The normalized spacial score (nSPS) is 11.9. The minimum atomic E-state index is -0.744. The van der Waals surface area contributed by atoms with E-state index in [-0.39, 0.29) is 23.7 Å². The van der Waals surface area contributed by atoms with Gasteiger partial charge in [0.2, 0.25) is 11.8 Å². The van der Waals surface area contributed by atoms with Gasteiger partial charge in [-0.1, -0.05) is 23.7 Å². The number of halogens is 2. The van der Waals surface area contributed by atoms with Crippen molar-refractivity contribution >= 4 is 40.9 Å². The van der Waals surface area contributed by atoms with Crippen LogP contribution in [0.5, 0.6) is 0 Å². The molecule has 0 fully saturated rings. The van der Waals surface area contributed by atoms with E-state index >= 15 is 0 Å². The number of hydrogen-bond donors (Lipinski definition) is 3. The first-order valence-corrected chi connectivity index (χ1v) is 9.93. The third-order valence-electron chi connectivity index (χ3n) is 3.93. The summed E-state index contributed by atoms with van der Waals surface area (Å²) in [5.74, 6) is -1.40. The van der Waals surface area contributed by atoms with E-state index in [9.17, 15) is 18.8 Å². The maximum Gasteiger partial charge on any atom is 0.412 e. The molecule has 0 spiro atoms. The largest absolute Gasteiger partial charge is 0.444 e. The summed E-state index contributed by atoms with van der Waals surface area (Å²) >= 11 is 5.90. The fraction of sp³-hybridized carbons (Fsp3) is 0.318. The van der Waals surface area contributed by atoms with Crippen LogP contribution in [0.25, 0.3) is 0 Å². The van der Waals surface area contributed by atoms with Gasteiger partial charge in [0.05, 0.1) is 23.8 Å². The third kappa shape index (κ3) is 8.25. The maximum atomic E-state index is 13.8. The average molecular weight is 450 g/mol. The van der Waals surface area contributed by atoms with Gasteiger partial charge in [-0.25, -0.2) is 9.18 Å². The summed E-state index contributed by atoms with van der Waals surface area (Å²) in [6, 6.07) is 9.64. The smallest absolute Gasteiger partial charge is 0.412 e. The second kappa shape index (κ2) is 10.3. The minimum absolute atomic E-state index is 0.0635. The molecule has 3 N–H and O–H groups in total. The van der Waals surface area contributed by atoms with Crippen molar-refractivity contribution in [3.8, 4) is 0 Å². The van der Waals surface area contributed by atoms with Gasteiger partial charge < -0.3 is 15.4 Å². The van der Waals surface area contributed by atoms with Gasteiger partial charge in [-0.2, -0.15) is 0 Å². The number of carbonyl (C=O) groups is 3. The molecule has 31 heavy (non-hydrogen) atoms. The van der Waals surface area contributed by atoms with E-state index < -0.39 is 29.5 Å². The summed E-state index contributed by atoms with van der Waals surface area (Å²) in [6.07, 6.45) is -0.865. The standard InChI is InChI=1S/C22H25ClFN3O4/c1-13(28)25-18(14-5-7-15(23)8-6-14)12-20(29)26-19-11-16(24)9-10-17(19)27-21(30)31-22(2,3)4/h5-11,18H,12H2,1-4H3,(H,25,28)(H,26,29)(H,27,30). The second-order valence-electron chi connectivity index (χ2n) is 7.87. The van der Waals surface area contributed by atoms with Crippen LogP contribution in [0.3, 0.4) is 0 Å². The first-order chi connectivity index (χ1) is 14.4. The van der Waals surface area contributed by atoms with Gasteiger partial charge in [0.1, 0.15) is 11.4 Å². The molecule has 0 aromatic heterocycles. The lowest BCUT2D eigenvalue weighted by atomic mass is 10.0. The van der Waals surface area contributed by atoms with Gasteiger partial charge in [-0.15, -0.1) is 0 Å². The van der Waals surface area contributed by atoms with Gasteiger partial charge in [0.25, 0.3) is 0 Å². The van der Waals surface area contributed by atoms with Crippen molar-refractivity contribution in [2.45, 2.75) is 45.8 Å². The number of amides is 3. The Morgan fingerprint density at radius 1 is 1.03 bits per heavy atom. The molecule has 0 radical (unpaired) electrons. The van der Waals surface area contributed by atoms with E-state index in [1.54, 1.807) is 45.0 Å². The van der Waals surface area contributed by atoms with E-state index in [1.807, 2.05) is 0 Å². The predicted molar refractivity (Wildman–Crippen MR) is 118 cm³/mol. The van der Waals surface area contributed by atoms with Gasteiger partial charge in [0, 0.05) is 11.9 Å². The van der Waals surface area contributed by atoms with Crippen molar-refractivity contribution in [1.82, 2.24) is 5.32 Å². The summed E-state index contributed by atoms with van der Waals surface area (Å²) in [4.78, 5) is 36.3. The lowest BCUT2D eigenvalue weighted by Gasteiger charge is -2.21. The second-order valence-corrected chi connectivity index (χ2v) is 8.31. The van der Waals surface area contributed by atoms with Crippen molar-refractivity contribution in [3.63, 3.8) is 0 Å². The van der Waals surface area contributed by atoms with Gasteiger partial charge in [-0.05, 0) is 56.7 Å². The Bertz CT molecular complexity index is 958. The molecule has 0 heterocycles. The highest BCUT2D eigenvalue weighted by molar-refractivity contribution is 6.30. The van der Waals surface area contributed by atoms with E-state index in [0.717, 1.165) is 12.1 Å². The van der Waals surface area contributed by atoms with Crippen molar-refractivity contribution in [1.29, 1.82) is 0 Å². The molecular formula is C22H25ClFN3O4. The molecule has 3 amide bonds. The molecule has 0 aliphatic carbocycles. The summed E-state index contributed by atoms with van der Waals surface area (Å²) in [5, 5.41) is 8.30. The van der Waals surface area contributed by atoms with Crippen LogP contribution >= 0.6 is 11.6 Å². The summed E-state index contributed by atoms with van der Waals surface area (Å²) < 4.78 is 19.0. The molecule has 1 atom stereocenters. The number of nitrogens with one attached hydrogen (secondary N) is 3. The number of carbonyl (C=O) groups excluding carboxylic acids is 3. The first kappa shape index (κ1) is 24.1. The van der Waals surface area contributed by atoms with E-state index in [2.05, 4.69) is 16.0 Å². The zero-order valence-corrected chi connectivity index (χ0v) is 18.5. The summed E-state index contributed by atoms with van der Waals surface area (Å²) in [6.45, 7) is 6.47. The molecule has 0 bridgehead atoms. The minimum Gasteiger partial charge on any atom is -0.444 e. The Hall–Kier alpha value is -3.13. The highest BCUT2D eigenvalue weighted by Crippen LogP contribution is 2.26. The zero-order valence-electron chi connectivity index (χ0n) is 17.7. The first-order valence-electron chi connectivity index (χ1n) is 9.55. The molecule has 0 aliphatic heterocycles. The highest BCUT2D eigenvalue weighted by atomic mass is 35.5. The molecule has 0 saturated heterocycles. The lowest BCUT2D eigenvalue weighted by Crippen LogP contribution is -2.30.